The van der Waals surface area contributed by atoms with Gasteiger partial charge in [0, 0.05) is 28.6 Å². The molecular weight excluding hydrogens is 390 g/mol. The highest BCUT2D eigenvalue weighted by Gasteiger charge is 2.46. The number of hydrogen-bond acceptors (Lipinski definition) is 5. The molecule has 0 amide bonds. The van der Waals surface area contributed by atoms with Crippen LogP contribution in [0.4, 0.5) is 0 Å². The van der Waals surface area contributed by atoms with Crippen LogP contribution in [0.1, 0.15) is 36.9 Å². The maximum absolute atomic E-state index is 6.35. The number of pyridine rings is 1. The molecule has 4 heterocycles. The van der Waals surface area contributed by atoms with Gasteiger partial charge in [-0.1, -0.05) is 36.4 Å². The average Bonchev–Trinajstić information content (AvgIpc) is 3.44. The molecule has 0 radical (unpaired) electrons. The zero-order chi connectivity index (χ0) is 19.1. The number of fused-ring (bicyclic) bond motifs is 1. The topological polar surface area (TPSA) is 41.6 Å². The lowest BCUT2D eigenvalue weighted by Crippen LogP contribution is -2.35. The largest absolute Gasteiger partial charge is 0.459 e. The minimum absolute atomic E-state index is 0.0332. The Hall–Kier alpha value is -2.24. The minimum atomic E-state index is -0.0535. The Bertz CT molecular complexity index is 1000. The molecule has 1 aromatic carbocycles. The molecule has 0 aliphatic carbocycles. The number of furan rings is 1. The van der Waals surface area contributed by atoms with Gasteiger partial charge in [-0.15, -0.1) is 0 Å². The van der Waals surface area contributed by atoms with Crippen LogP contribution in [0.25, 0.3) is 11.3 Å². The Kier molecular flexibility index (Phi) is 4.65. The lowest BCUT2D eigenvalue weighted by molar-refractivity contribution is 0.226. The van der Waals surface area contributed by atoms with Crippen LogP contribution in [0.5, 0.6) is 0 Å². The zero-order valence-electron chi connectivity index (χ0n) is 15.5. The molecule has 1 fully saturated rings. The first-order valence-corrected chi connectivity index (χ1v) is 10.9. The highest BCUT2D eigenvalue weighted by molar-refractivity contribution is 8.14. The molecule has 3 atom stereocenters. The van der Waals surface area contributed by atoms with E-state index in [4.69, 9.17) is 21.0 Å². The summed E-state index contributed by atoms with van der Waals surface area (Å²) in [5.74, 6) is 2.85. The van der Waals surface area contributed by atoms with Crippen LogP contribution >= 0.6 is 23.4 Å². The van der Waals surface area contributed by atoms with E-state index >= 15 is 0 Å². The Balaban J connectivity index is 1.55. The zero-order valence-corrected chi connectivity index (χ0v) is 17.0. The van der Waals surface area contributed by atoms with Gasteiger partial charge >= 0.3 is 0 Å². The van der Waals surface area contributed by atoms with E-state index in [0.29, 0.717) is 6.04 Å². The van der Waals surface area contributed by atoms with Crippen molar-refractivity contribution in [2.75, 3.05) is 5.75 Å². The second-order valence-corrected chi connectivity index (χ2v) is 8.47. The Morgan fingerprint density at radius 2 is 2.00 bits per heavy atom. The van der Waals surface area contributed by atoms with E-state index < -0.39 is 0 Å². The van der Waals surface area contributed by atoms with Crippen LogP contribution in [0.3, 0.4) is 0 Å². The van der Waals surface area contributed by atoms with Gasteiger partial charge in [-0.25, -0.2) is 4.99 Å². The fraction of sp³-hybridized carbons (Fsp3) is 0.273. The van der Waals surface area contributed by atoms with Gasteiger partial charge in [0.2, 0.25) is 0 Å². The first-order valence-electron chi connectivity index (χ1n) is 9.50. The molecule has 0 saturated carbocycles. The number of rotatable bonds is 4. The predicted octanol–water partition coefficient (Wildman–Crippen LogP) is 5.97. The molecule has 5 rings (SSSR count). The van der Waals surface area contributed by atoms with Crippen LogP contribution in [0.15, 0.2) is 70.2 Å². The van der Waals surface area contributed by atoms with Crippen molar-refractivity contribution in [1.82, 2.24) is 9.88 Å². The number of nitrogens with zero attached hydrogens (tertiary/aromatic N) is 3. The standard InChI is InChI=1S/C22H20ClN3OS/c1-2-16-13-28-22-25-20(17-5-3-4-12-24-17)21(26(16)22)19-11-10-18(27-19)14-6-8-15(23)9-7-14/h3-12,16,20-21H,2,13H2,1H3/t16-,20-,21+/m0/s1. The number of halogens is 1. The van der Waals surface area contributed by atoms with Gasteiger partial charge in [0.15, 0.2) is 5.17 Å². The Morgan fingerprint density at radius 1 is 1.14 bits per heavy atom. The summed E-state index contributed by atoms with van der Waals surface area (Å²) in [4.78, 5) is 12.1. The molecule has 2 aliphatic rings. The van der Waals surface area contributed by atoms with Crippen molar-refractivity contribution in [2.24, 2.45) is 4.99 Å². The third kappa shape index (κ3) is 3.03. The fourth-order valence-electron chi connectivity index (χ4n) is 3.94. The van der Waals surface area contributed by atoms with Gasteiger partial charge in [-0.3, -0.25) is 4.98 Å². The molecule has 0 bridgehead atoms. The highest BCUT2D eigenvalue weighted by atomic mass is 35.5. The highest BCUT2D eigenvalue weighted by Crippen LogP contribution is 2.49. The molecule has 0 N–H and O–H groups in total. The quantitative estimate of drug-likeness (QED) is 0.532. The molecule has 6 heteroatoms. The fourth-order valence-corrected chi connectivity index (χ4v) is 5.40. The summed E-state index contributed by atoms with van der Waals surface area (Å²) in [6.07, 6.45) is 2.92. The van der Waals surface area contributed by atoms with E-state index in [1.807, 2.05) is 60.4 Å². The second-order valence-electron chi connectivity index (χ2n) is 7.05. The smallest absolute Gasteiger partial charge is 0.161 e. The van der Waals surface area contributed by atoms with Crippen LogP contribution < -0.4 is 0 Å². The third-order valence-electron chi connectivity index (χ3n) is 5.38. The normalized spacial score (nSPS) is 23.7. The van der Waals surface area contributed by atoms with Crippen LogP contribution in [0, 0.1) is 0 Å². The molecule has 142 valence electrons. The van der Waals surface area contributed by atoms with Crippen molar-refractivity contribution >= 4 is 28.5 Å². The summed E-state index contributed by atoms with van der Waals surface area (Å²) in [6.45, 7) is 2.24. The average molecular weight is 410 g/mol. The van der Waals surface area contributed by atoms with E-state index in [0.717, 1.165) is 45.1 Å². The minimum Gasteiger partial charge on any atom is -0.459 e. The van der Waals surface area contributed by atoms with Gasteiger partial charge in [-0.2, -0.15) is 0 Å². The molecule has 2 aromatic heterocycles. The lowest BCUT2D eigenvalue weighted by Gasteiger charge is -2.30. The predicted molar refractivity (Wildman–Crippen MR) is 115 cm³/mol. The molecular formula is C22H20ClN3OS. The monoisotopic (exact) mass is 409 g/mol. The van der Waals surface area contributed by atoms with Gasteiger partial charge in [0.05, 0.1) is 5.69 Å². The van der Waals surface area contributed by atoms with Gasteiger partial charge in [-0.05, 0) is 55.0 Å². The Morgan fingerprint density at radius 3 is 2.75 bits per heavy atom. The number of benzene rings is 1. The van der Waals surface area contributed by atoms with E-state index in [9.17, 15) is 0 Å². The van der Waals surface area contributed by atoms with Crippen molar-refractivity contribution in [3.05, 3.63) is 77.3 Å². The number of amidine groups is 1. The second kappa shape index (κ2) is 7.30. The summed E-state index contributed by atoms with van der Waals surface area (Å²) in [5, 5.41) is 1.83. The number of thioether (sulfide) groups is 1. The van der Waals surface area contributed by atoms with E-state index in [1.54, 1.807) is 0 Å². The summed E-state index contributed by atoms with van der Waals surface area (Å²) in [7, 11) is 0. The molecule has 0 spiro atoms. The van der Waals surface area contributed by atoms with E-state index in [2.05, 4.69) is 28.9 Å². The van der Waals surface area contributed by atoms with E-state index in [-0.39, 0.29) is 12.1 Å². The summed E-state index contributed by atoms with van der Waals surface area (Å²) >= 11 is 7.87. The van der Waals surface area contributed by atoms with Crippen molar-refractivity contribution in [3.8, 4) is 11.3 Å². The molecule has 3 aromatic rings. The van der Waals surface area contributed by atoms with Crippen LogP contribution in [-0.2, 0) is 0 Å². The van der Waals surface area contributed by atoms with Crippen LogP contribution in [-0.4, -0.2) is 26.8 Å². The molecule has 28 heavy (non-hydrogen) atoms. The summed E-state index contributed by atoms with van der Waals surface area (Å²) in [6, 6.07) is 18.3. The van der Waals surface area contributed by atoms with Crippen molar-refractivity contribution in [2.45, 2.75) is 31.5 Å². The van der Waals surface area contributed by atoms with Crippen molar-refractivity contribution in [3.63, 3.8) is 0 Å². The first-order chi connectivity index (χ1) is 13.7. The first kappa shape index (κ1) is 17.8. The van der Waals surface area contributed by atoms with Crippen LogP contribution in [0.2, 0.25) is 5.02 Å². The van der Waals surface area contributed by atoms with Gasteiger partial charge < -0.3 is 9.32 Å². The Labute approximate surface area is 173 Å². The summed E-state index contributed by atoms with van der Waals surface area (Å²) < 4.78 is 6.35. The number of hydrogen-bond donors (Lipinski definition) is 0. The number of aliphatic imine (C=N–C) groups is 1. The molecule has 1 saturated heterocycles. The number of aromatic nitrogens is 1. The SMILES string of the molecule is CC[C@H]1CSC2=N[C@@H](c3ccccn3)[C@@H](c3ccc(-c4ccc(Cl)cc4)o3)N21. The van der Waals surface area contributed by atoms with Gasteiger partial charge in [0.25, 0.3) is 0 Å². The molecule has 0 unspecified atom stereocenters. The summed E-state index contributed by atoms with van der Waals surface area (Å²) in [5.41, 5.74) is 2.00. The van der Waals surface area contributed by atoms with Gasteiger partial charge in [0.1, 0.15) is 23.6 Å². The maximum atomic E-state index is 6.35. The van der Waals surface area contributed by atoms with Crippen molar-refractivity contribution < 1.29 is 4.42 Å². The van der Waals surface area contributed by atoms with E-state index in [1.165, 1.54) is 0 Å². The maximum Gasteiger partial charge on any atom is 0.161 e. The lowest BCUT2D eigenvalue weighted by atomic mass is 10.0. The third-order valence-corrected chi connectivity index (χ3v) is 6.75. The molecule has 4 nitrogen and oxygen atoms in total. The molecule has 2 aliphatic heterocycles. The van der Waals surface area contributed by atoms with Crippen molar-refractivity contribution in [1.29, 1.82) is 0 Å².